The molecule has 0 bridgehead atoms. The molecule has 168 valence electrons. The van der Waals surface area contributed by atoms with Gasteiger partial charge in [0.1, 0.15) is 17.0 Å². The van der Waals surface area contributed by atoms with Crippen molar-refractivity contribution in [1.82, 2.24) is 4.90 Å². The number of carbonyl (C=O) groups excluding carboxylic acids is 2. The number of nitrogens with one attached hydrogen (secondary N) is 1. The summed E-state index contributed by atoms with van der Waals surface area (Å²) in [6.07, 6.45) is 2.16. The molecule has 1 N–H and O–H groups in total. The van der Waals surface area contributed by atoms with Gasteiger partial charge in [-0.25, -0.2) is 0 Å². The Morgan fingerprint density at radius 3 is 2.44 bits per heavy atom. The van der Waals surface area contributed by atoms with Crippen LogP contribution in [0.25, 0.3) is 11.0 Å². The highest BCUT2D eigenvalue weighted by Gasteiger charge is 2.29. The number of unbranched alkanes of at least 4 members (excludes halogenated alkanes) is 1. The molecule has 2 amide bonds. The molecular formula is C25H29N3O4. The van der Waals surface area contributed by atoms with Crippen molar-refractivity contribution < 1.29 is 18.7 Å². The molecule has 0 aliphatic carbocycles. The summed E-state index contributed by atoms with van der Waals surface area (Å²) in [4.78, 5) is 29.8. The molecule has 1 aliphatic heterocycles. The molecule has 2 heterocycles. The molecular weight excluding hydrogens is 406 g/mol. The van der Waals surface area contributed by atoms with Crippen LogP contribution in [0, 0.1) is 0 Å². The molecule has 1 aromatic heterocycles. The molecule has 0 unspecified atom stereocenters. The van der Waals surface area contributed by atoms with E-state index in [-0.39, 0.29) is 17.6 Å². The summed E-state index contributed by atoms with van der Waals surface area (Å²) in [5.74, 6) is 0.730. The van der Waals surface area contributed by atoms with E-state index in [1.165, 1.54) is 0 Å². The zero-order valence-corrected chi connectivity index (χ0v) is 18.6. The lowest BCUT2D eigenvalue weighted by Crippen LogP contribution is -2.48. The number of amides is 2. The number of methoxy groups -OCH3 is 1. The third kappa shape index (κ3) is 4.56. The standard InChI is InChI=1S/C25H29N3O4/c1-3-4-9-22(29)26-23-20-7-5-6-8-21(20)32-24(23)25(30)28-16-14-27(15-17-28)18-10-12-19(31-2)13-11-18/h5-8,10-13H,3-4,9,14-17H2,1-2H3,(H,26,29). The van der Waals surface area contributed by atoms with Gasteiger partial charge in [-0.3, -0.25) is 9.59 Å². The number of carbonyl (C=O) groups is 2. The number of hydrogen-bond acceptors (Lipinski definition) is 5. The quantitative estimate of drug-likeness (QED) is 0.590. The lowest BCUT2D eigenvalue weighted by atomic mass is 10.1. The second kappa shape index (κ2) is 9.77. The zero-order valence-electron chi connectivity index (χ0n) is 18.6. The van der Waals surface area contributed by atoms with Crippen LogP contribution in [-0.4, -0.2) is 50.0 Å². The van der Waals surface area contributed by atoms with Crippen LogP contribution in [0.1, 0.15) is 36.7 Å². The van der Waals surface area contributed by atoms with E-state index >= 15 is 0 Å². The van der Waals surface area contributed by atoms with E-state index in [1.807, 2.05) is 55.5 Å². The fourth-order valence-corrected chi connectivity index (χ4v) is 3.96. The Labute approximate surface area is 187 Å². The third-order valence-corrected chi connectivity index (χ3v) is 5.82. The molecule has 1 aliphatic rings. The van der Waals surface area contributed by atoms with Crippen LogP contribution in [0.5, 0.6) is 5.75 Å². The van der Waals surface area contributed by atoms with Crippen molar-refractivity contribution in [2.75, 3.05) is 43.5 Å². The molecule has 1 saturated heterocycles. The molecule has 0 atom stereocenters. The van der Waals surface area contributed by atoms with Gasteiger partial charge in [0, 0.05) is 43.7 Å². The maximum atomic E-state index is 13.4. The fraction of sp³-hybridized carbons (Fsp3) is 0.360. The van der Waals surface area contributed by atoms with E-state index in [4.69, 9.17) is 9.15 Å². The molecule has 0 radical (unpaired) electrons. The van der Waals surface area contributed by atoms with E-state index in [2.05, 4.69) is 10.2 Å². The van der Waals surface area contributed by atoms with Crippen molar-refractivity contribution in [3.63, 3.8) is 0 Å². The fourth-order valence-electron chi connectivity index (χ4n) is 3.96. The van der Waals surface area contributed by atoms with Crippen molar-refractivity contribution in [3.8, 4) is 5.75 Å². The molecule has 3 aromatic rings. The number of para-hydroxylation sites is 1. The van der Waals surface area contributed by atoms with Gasteiger partial charge in [0.15, 0.2) is 0 Å². The summed E-state index contributed by atoms with van der Waals surface area (Å²) in [5.41, 5.74) is 2.17. The number of hydrogen-bond donors (Lipinski definition) is 1. The molecule has 7 nitrogen and oxygen atoms in total. The minimum Gasteiger partial charge on any atom is -0.497 e. The average molecular weight is 436 g/mol. The Hall–Kier alpha value is -3.48. The SMILES string of the molecule is CCCCC(=O)Nc1c(C(=O)N2CCN(c3ccc(OC)cc3)CC2)oc2ccccc12. The number of anilines is 2. The number of ether oxygens (including phenoxy) is 1. The van der Waals surface area contributed by atoms with E-state index in [0.717, 1.165) is 42.8 Å². The monoisotopic (exact) mass is 435 g/mol. The second-order valence-electron chi connectivity index (χ2n) is 7.93. The number of furan rings is 1. The van der Waals surface area contributed by atoms with E-state index in [9.17, 15) is 9.59 Å². The molecule has 7 heteroatoms. The highest BCUT2D eigenvalue weighted by Crippen LogP contribution is 2.32. The van der Waals surface area contributed by atoms with Crippen LogP contribution < -0.4 is 15.0 Å². The number of rotatable bonds is 7. The smallest absolute Gasteiger partial charge is 0.291 e. The Kier molecular flexibility index (Phi) is 6.63. The number of fused-ring (bicyclic) bond motifs is 1. The van der Waals surface area contributed by atoms with Gasteiger partial charge in [0.2, 0.25) is 11.7 Å². The lowest BCUT2D eigenvalue weighted by molar-refractivity contribution is -0.116. The average Bonchev–Trinajstić information content (AvgIpc) is 3.20. The molecule has 0 spiro atoms. The highest BCUT2D eigenvalue weighted by molar-refractivity contribution is 6.10. The van der Waals surface area contributed by atoms with E-state index in [1.54, 1.807) is 12.0 Å². The van der Waals surface area contributed by atoms with Crippen LogP contribution in [0.2, 0.25) is 0 Å². The number of piperazine rings is 1. The van der Waals surface area contributed by atoms with Crippen LogP contribution >= 0.6 is 0 Å². The van der Waals surface area contributed by atoms with Crippen LogP contribution in [0.4, 0.5) is 11.4 Å². The van der Waals surface area contributed by atoms with Gasteiger partial charge in [-0.2, -0.15) is 0 Å². The van der Waals surface area contributed by atoms with E-state index < -0.39 is 0 Å². The number of nitrogens with zero attached hydrogens (tertiary/aromatic N) is 2. The first-order valence-electron chi connectivity index (χ1n) is 11.1. The maximum absolute atomic E-state index is 13.4. The van der Waals surface area contributed by atoms with Crippen LogP contribution in [-0.2, 0) is 4.79 Å². The first-order chi connectivity index (χ1) is 15.6. The summed E-state index contributed by atoms with van der Waals surface area (Å²) in [5, 5.41) is 3.68. The topological polar surface area (TPSA) is 75.0 Å². The first-order valence-corrected chi connectivity index (χ1v) is 11.1. The Morgan fingerprint density at radius 2 is 1.75 bits per heavy atom. The van der Waals surface area contributed by atoms with E-state index in [0.29, 0.717) is 30.8 Å². The van der Waals surface area contributed by atoms with Crippen molar-refractivity contribution in [2.24, 2.45) is 0 Å². The zero-order chi connectivity index (χ0) is 22.5. The van der Waals surface area contributed by atoms with Gasteiger partial charge in [-0.1, -0.05) is 25.5 Å². The van der Waals surface area contributed by atoms with Crippen molar-refractivity contribution in [1.29, 1.82) is 0 Å². The predicted octanol–water partition coefficient (Wildman–Crippen LogP) is 4.53. The van der Waals surface area contributed by atoms with Gasteiger partial charge in [0.05, 0.1) is 7.11 Å². The van der Waals surface area contributed by atoms with Gasteiger partial charge in [-0.15, -0.1) is 0 Å². The van der Waals surface area contributed by atoms with Gasteiger partial charge < -0.3 is 24.3 Å². The van der Waals surface area contributed by atoms with Gasteiger partial charge >= 0.3 is 0 Å². The summed E-state index contributed by atoms with van der Waals surface area (Å²) >= 11 is 0. The summed E-state index contributed by atoms with van der Waals surface area (Å²) < 4.78 is 11.2. The van der Waals surface area contributed by atoms with Crippen molar-refractivity contribution in [2.45, 2.75) is 26.2 Å². The predicted molar refractivity (Wildman–Crippen MR) is 125 cm³/mol. The minimum atomic E-state index is -0.193. The Balaban J connectivity index is 1.50. The van der Waals surface area contributed by atoms with Crippen LogP contribution in [0.15, 0.2) is 52.9 Å². The highest BCUT2D eigenvalue weighted by atomic mass is 16.5. The summed E-state index contributed by atoms with van der Waals surface area (Å²) in [6.45, 7) is 4.63. The maximum Gasteiger partial charge on any atom is 0.291 e. The molecule has 1 fully saturated rings. The summed E-state index contributed by atoms with van der Waals surface area (Å²) in [6, 6.07) is 15.3. The number of benzene rings is 2. The largest absolute Gasteiger partial charge is 0.497 e. The summed E-state index contributed by atoms with van der Waals surface area (Å²) in [7, 11) is 1.65. The molecule has 32 heavy (non-hydrogen) atoms. The van der Waals surface area contributed by atoms with Gasteiger partial charge in [0.25, 0.3) is 5.91 Å². The van der Waals surface area contributed by atoms with Crippen molar-refractivity contribution in [3.05, 3.63) is 54.3 Å². The minimum absolute atomic E-state index is 0.100. The van der Waals surface area contributed by atoms with Crippen LogP contribution in [0.3, 0.4) is 0 Å². The third-order valence-electron chi connectivity index (χ3n) is 5.82. The Morgan fingerprint density at radius 1 is 1.03 bits per heavy atom. The molecule has 0 saturated carbocycles. The molecule has 4 rings (SSSR count). The normalized spacial score (nSPS) is 13.9. The first kappa shape index (κ1) is 21.7. The van der Waals surface area contributed by atoms with Crippen molar-refractivity contribution >= 4 is 34.2 Å². The Bertz CT molecular complexity index is 1080. The second-order valence-corrected chi connectivity index (χ2v) is 7.93. The molecule has 2 aromatic carbocycles. The van der Waals surface area contributed by atoms with Gasteiger partial charge in [-0.05, 0) is 42.8 Å². The lowest BCUT2D eigenvalue weighted by Gasteiger charge is -2.35.